The zero-order valence-corrected chi connectivity index (χ0v) is 15.6. The molecular formula is C16H19BrN2O6. The zero-order chi connectivity index (χ0) is 18.6. The van der Waals surface area contributed by atoms with E-state index in [-0.39, 0.29) is 30.3 Å². The van der Waals surface area contributed by atoms with Crippen molar-refractivity contribution in [3.63, 3.8) is 0 Å². The van der Waals surface area contributed by atoms with Crippen LogP contribution in [0.2, 0.25) is 0 Å². The molecule has 136 valence electrons. The molecule has 1 aromatic carbocycles. The molecule has 1 aliphatic rings. The molecule has 0 saturated heterocycles. The van der Waals surface area contributed by atoms with Crippen LogP contribution < -0.4 is 15.4 Å². The smallest absolute Gasteiger partial charge is 0.338 e. The molecule has 1 aromatic rings. The van der Waals surface area contributed by atoms with Crippen LogP contribution in [0.5, 0.6) is 11.5 Å². The second-order valence-electron chi connectivity index (χ2n) is 5.25. The molecule has 0 radical (unpaired) electrons. The Morgan fingerprint density at radius 1 is 1.32 bits per heavy atom. The van der Waals surface area contributed by atoms with Crippen LogP contribution in [-0.4, -0.2) is 44.5 Å². The maximum absolute atomic E-state index is 12.5. The van der Waals surface area contributed by atoms with Gasteiger partial charge in [-0.2, -0.15) is 0 Å². The molecule has 0 aliphatic carbocycles. The predicted octanol–water partition coefficient (Wildman–Crippen LogP) is 1.98. The summed E-state index contributed by atoms with van der Waals surface area (Å²) in [6.45, 7) is 1.97. The first-order chi connectivity index (χ1) is 11.9. The fourth-order valence-corrected chi connectivity index (χ4v) is 2.89. The van der Waals surface area contributed by atoms with Crippen molar-refractivity contribution in [2.45, 2.75) is 13.0 Å². The summed E-state index contributed by atoms with van der Waals surface area (Å²) in [5.74, 6) is -0.437. The van der Waals surface area contributed by atoms with Crippen molar-refractivity contribution in [3.05, 3.63) is 33.4 Å². The third-order valence-electron chi connectivity index (χ3n) is 3.61. The number of urea groups is 1. The molecule has 8 nitrogen and oxygen atoms in total. The maximum atomic E-state index is 12.5. The second-order valence-corrected chi connectivity index (χ2v) is 6.11. The van der Waals surface area contributed by atoms with Gasteiger partial charge in [-0.15, -0.1) is 0 Å². The summed E-state index contributed by atoms with van der Waals surface area (Å²) in [6, 6.07) is 1.95. The second kappa shape index (κ2) is 8.21. The van der Waals surface area contributed by atoms with Crippen LogP contribution in [0.25, 0.3) is 0 Å². The quantitative estimate of drug-likeness (QED) is 0.485. The summed E-state index contributed by atoms with van der Waals surface area (Å²) in [4.78, 5) is 24.3. The molecule has 0 unspecified atom stereocenters. The molecule has 1 aliphatic heterocycles. The first-order valence-corrected chi connectivity index (χ1v) is 8.19. The Bertz CT molecular complexity index is 719. The van der Waals surface area contributed by atoms with Crippen LogP contribution >= 0.6 is 15.9 Å². The van der Waals surface area contributed by atoms with Crippen LogP contribution in [0.1, 0.15) is 18.5 Å². The zero-order valence-electron chi connectivity index (χ0n) is 14.0. The first-order valence-electron chi connectivity index (χ1n) is 7.39. The Hall–Kier alpha value is -2.26. The normalized spacial score (nSPS) is 17.0. The molecule has 2 rings (SSSR count). The summed E-state index contributed by atoms with van der Waals surface area (Å²) >= 11 is 3.24. The lowest BCUT2D eigenvalue weighted by molar-refractivity contribution is -0.140. The molecular weight excluding hydrogens is 396 g/mol. The first kappa shape index (κ1) is 19.1. The van der Waals surface area contributed by atoms with E-state index in [0.29, 0.717) is 15.7 Å². The molecule has 0 saturated carbocycles. The Morgan fingerprint density at radius 3 is 2.68 bits per heavy atom. The predicted molar refractivity (Wildman–Crippen MR) is 92.3 cm³/mol. The van der Waals surface area contributed by atoms with Crippen LogP contribution in [0.3, 0.4) is 0 Å². The molecule has 9 heteroatoms. The van der Waals surface area contributed by atoms with E-state index in [4.69, 9.17) is 14.2 Å². The fraction of sp³-hybridized carbons (Fsp3) is 0.375. The Kier molecular flexibility index (Phi) is 6.27. The molecule has 25 heavy (non-hydrogen) atoms. The molecule has 3 N–H and O–H groups in total. The van der Waals surface area contributed by atoms with Crippen molar-refractivity contribution < 1.29 is 28.9 Å². The van der Waals surface area contributed by atoms with Crippen molar-refractivity contribution in [3.8, 4) is 11.5 Å². The number of allylic oxidation sites excluding steroid dienone is 1. The van der Waals surface area contributed by atoms with Gasteiger partial charge in [0, 0.05) is 12.8 Å². The number of methoxy groups -OCH3 is 2. The van der Waals surface area contributed by atoms with Crippen LogP contribution in [0, 0.1) is 0 Å². The summed E-state index contributed by atoms with van der Waals surface area (Å²) in [5.41, 5.74) is 1.20. The number of ether oxygens (including phenoxy) is 3. The van der Waals surface area contributed by atoms with E-state index in [1.54, 1.807) is 19.1 Å². The van der Waals surface area contributed by atoms with Gasteiger partial charge in [-0.05, 0) is 40.5 Å². The van der Waals surface area contributed by atoms with Gasteiger partial charge < -0.3 is 30.0 Å². The van der Waals surface area contributed by atoms with Crippen LogP contribution in [-0.2, 0) is 14.3 Å². The average molecular weight is 415 g/mol. The minimum Gasteiger partial charge on any atom is -0.503 e. The van der Waals surface area contributed by atoms with E-state index in [0.717, 1.165) is 0 Å². The van der Waals surface area contributed by atoms with Gasteiger partial charge >= 0.3 is 12.0 Å². The van der Waals surface area contributed by atoms with E-state index >= 15 is 0 Å². The van der Waals surface area contributed by atoms with Crippen LogP contribution in [0.4, 0.5) is 4.79 Å². The van der Waals surface area contributed by atoms with E-state index in [2.05, 4.69) is 26.6 Å². The number of rotatable bonds is 6. The molecule has 0 spiro atoms. The number of hydrogen-bond donors (Lipinski definition) is 3. The van der Waals surface area contributed by atoms with Gasteiger partial charge in [-0.3, -0.25) is 0 Å². The van der Waals surface area contributed by atoms with Crippen LogP contribution in [0.15, 0.2) is 27.9 Å². The van der Waals surface area contributed by atoms with Gasteiger partial charge in [0.05, 0.1) is 29.8 Å². The Labute approximate surface area is 153 Å². The van der Waals surface area contributed by atoms with E-state index in [1.165, 1.54) is 14.2 Å². The van der Waals surface area contributed by atoms with Crippen molar-refractivity contribution >= 4 is 27.9 Å². The minimum absolute atomic E-state index is 0.0727. The number of carbonyl (C=O) groups excluding carboxylic acids is 2. The number of esters is 1. The fourth-order valence-electron chi connectivity index (χ4n) is 2.43. The van der Waals surface area contributed by atoms with E-state index < -0.39 is 18.0 Å². The van der Waals surface area contributed by atoms with Gasteiger partial charge in [0.15, 0.2) is 11.5 Å². The minimum atomic E-state index is -0.755. The molecule has 0 aromatic heterocycles. The largest absolute Gasteiger partial charge is 0.503 e. The highest BCUT2D eigenvalue weighted by atomic mass is 79.9. The number of carbonyl (C=O) groups is 2. The van der Waals surface area contributed by atoms with Gasteiger partial charge in [-0.25, -0.2) is 9.59 Å². The molecule has 0 fully saturated rings. The monoisotopic (exact) mass is 414 g/mol. The number of halogens is 1. The highest BCUT2D eigenvalue weighted by molar-refractivity contribution is 9.10. The summed E-state index contributed by atoms with van der Waals surface area (Å²) in [6.07, 6.45) is 0. The maximum Gasteiger partial charge on any atom is 0.338 e. The number of benzene rings is 1. The van der Waals surface area contributed by atoms with Gasteiger partial charge in [0.2, 0.25) is 0 Å². The lowest BCUT2D eigenvalue weighted by Crippen LogP contribution is -2.45. The molecule has 2 amide bonds. The third-order valence-corrected chi connectivity index (χ3v) is 4.22. The highest BCUT2D eigenvalue weighted by Gasteiger charge is 2.33. The number of aromatic hydroxyl groups is 1. The van der Waals surface area contributed by atoms with E-state index in [1.807, 2.05) is 0 Å². The number of hydrogen-bond acceptors (Lipinski definition) is 6. The number of nitrogens with one attached hydrogen (secondary N) is 2. The number of amides is 2. The van der Waals surface area contributed by atoms with Gasteiger partial charge in [0.25, 0.3) is 0 Å². The summed E-state index contributed by atoms with van der Waals surface area (Å²) in [5, 5.41) is 15.2. The Balaban J connectivity index is 2.42. The molecule has 1 atom stereocenters. The lowest BCUT2D eigenvalue weighted by Gasteiger charge is -2.28. The van der Waals surface area contributed by atoms with Gasteiger partial charge in [0.1, 0.15) is 6.61 Å². The van der Waals surface area contributed by atoms with Crippen molar-refractivity contribution in [2.75, 3.05) is 27.4 Å². The summed E-state index contributed by atoms with van der Waals surface area (Å²) in [7, 11) is 2.91. The Morgan fingerprint density at radius 2 is 2.04 bits per heavy atom. The number of phenols is 1. The van der Waals surface area contributed by atoms with Gasteiger partial charge in [-0.1, -0.05) is 0 Å². The van der Waals surface area contributed by atoms with Crippen molar-refractivity contribution in [1.29, 1.82) is 0 Å². The SMILES string of the molecule is COCCOC(=O)C1=C(C)NC(=O)N[C@H]1c1cc(Br)c(O)c(OC)c1. The topological polar surface area (TPSA) is 106 Å². The standard InChI is InChI=1S/C16H19BrN2O6/c1-8-12(15(21)25-5-4-23-2)13(19-16(22)18-8)9-6-10(17)14(20)11(7-9)24-3/h6-7,13,20H,4-5H2,1-3H3,(H2,18,19,22)/t13-/m0/s1. The summed E-state index contributed by atoms with van der Waals surface area (Å²) < 4.78 is 15.6. The molecule has 1 heterocycles. The number of phenolic OH excluding ortho intramolecular Hbond substituents is 1. The van der Waals surface area contributed by atoms with E-state index in [9.17, 15) is 14.7 Å². The lowest BCUT2D eigenvalue weighted by atomic mass is 9.95. The highest BCUT2D eigenvalue weighted by Crippen LogP contribution is 2.39. The van der Waals surface area contributed by atoms with Crippen molar-refractivity contribution in [1.82, 2.24) is 10.6 Å². The third kappa shape index (κ3) is 4.23. The molecule has 0 bridgehead atoms. The average Bonchev–Trinajstić information content (AvgIpc) is 2.56. The van der Waals surface area contributed by atoms with Crippen molar-refractivity contribution in [2.24, 2.45) is 0 Å².